The zero-order chi connectivity index (χ0) is 13.9. The molecule has 0 atom stereocenters. The quantitative estimate of drug-likeness (QED) is 0.799. The van der Waals surface area contributed by atoms with Crippen LogP contribution in [0.15, 0.2) is 18.2 Å². The van der Waals surface area contributed by atoms with Crippen molar-refractivity contribution < 1.29 is 13.2 Å². The van der Waals surface area contributed by atoms with Gasteiger partial charge in [0.15, 0.2) is 0 Å². The van der Waals surface area contributed by atoms with Crippen LogP contribution in [-0.4, -0.2) is 21.3 Å². The van der Waals surface area contributed by atoms with Crippen molar-refractivity contribution in [2.45, 2.75) is 24.7 Å². The zero-order valence-electron chi connectivity index (χ0n) is 10.4. The van der Waals surface area contributed by atoms with E-state index in [1.165, 1.54) is 5.56 Å². The van der Waals surface area contributed by atoms with E-state index in [1.54, 1.807) is 7.11 Å². The van der Waals surface area contributed by atoms with E-state index in [4.69, 9.17) is 27.0 Å². The van der Waals surface area contributed by atoms with Crippen LogP contribution in [0.25, 0.3) is 0 Å². The van der Waals surface area contributed by atoms with Crippen molar-refractivity contribution >= 4 is 31.3 Å². The maximum atomic E-state index is 11.2. The topological polar surface area (TPSA) is 43.4 Å². The van der Waals surface area contributed by atoms with Gasteiger partial charge in [-0.25, -0.2) is 8.42 Å². The fourth-order valence-corrected chi connectivity index (χ4v) is 5.74. The van der Waals surface area contributed by atoms with Gasteiger partial charge in [0.25, 0.3) is 0 Å². The van der Waals surface area contributed by atoms with Gasteiger partial charge in [0.2, 0.25) is 9.05 Å². The summed E-state index contributed by atoms with van der Waals surface area (Å²) in [4.78, 5) is 0. The number of halogens is 2. The van der Waals surface area contributed by atoms with Crippen LogP contribution in [0.4, 0.5) is 0 Å². The van der Waals surface area contributed by atoms with E-state index in [0.29, 0.717) is 10.8 Å². The summed E-state index contributed by atoms with van der Waals surface area (Å²) >= 11 is 6.01. The largest absolute Gasteiger partial charge is 0.495 e. The maximum absolute atomic E-state index is 11.2. The van der Waals surface area contributed by atoms with Crippen LogP contribution < -0.4 is 4.74 Å². The third-order valence-electron chi connectivity index (χ3n) is 4.38. The predicted molar refractivity (Wildman–Crippen MR) is 75.6 cm³/mol. The molecule has 19 heavy (non-hydrogen) atoms. The van der Waals surface area contributed by atoms with E-state index in [9.17, 15) is 8.42 Å². The van der Waals surface area contributed by atoms with Gasteiger partial charge in [-0.1, -0.05) is 17.7 Å². The lowest BCUT2D eigenvalue weighted by Crippen LogP contribution is -2.66. The van der Waals surface area contributed by atoms with Gasteiger partial charge in [0, 0.05) is 10.7 Å². The predicted octanol–water partition coefficient (Wildman–Crippen LogP) is 3.34. The summed E-state index contributed by atoms with van der Waals surface area (Å²) in [5, 5.41) is 0.593. The van der Waals surface area contributed by atoms with E-state index in [-0.39, 0.29) is 16.6 Å². The fraction of sp³-hybridized carbons (Fsp3) is 0.538. The minimum atomic E-state index is -3.41. The Balaban J connectivity index is 1.78. The van der Waals surface area contributed by atoms with Crippen LogP contribution in [-0.2, 0) is 14.5 Å². The molecule has 2 bridgehead atoms. The van der Waals surface area contributed by atoms with Crippen molar-refractivity contribution in [2.24, 2.45) is 5.41 Å². The van der Waals surface area contributed by atoms with E-state index >= 15 is 0 Å². The minimum Gasteiger partial charge on any atom is -0.495 e. The molecule has 1 aromatic carbocycles. The van der Waals surface area contributed by atoms with Gasteiger partial charge in [-0.05, 0) is 47.8 Å². The van der Waals surface area contributed by atoms with Gasteiger partial charge in [0.1, 0.15) is 5.75 Å². The summed E-state index contributed by atoms with van der Waals surface area (Å²) in [6.07, 6.45) is 2.66. The van der Waals surface area contributed by atoms with E-state index < -0.39 is 9.05 Å². The Morgan fingerprint density at radius 2 is 1.95 bits per heavy atom. The summed E-state index contributed by atoms with van der Waals surface area (Å²) in [7, 11) is 3.53. The molecule has 0 aliphatic heterocycles. The summed E-state index contributed by atoms with van der Waals surface area (Å²) in [5.41, 5.74) is 1.20. The molecule has 1 aromatic rings. The van der Waals surface area contributed by atoms with E-state index in [1.807, 2.05) is 18.2 Å². The molecule has 0 aromatic heterocycles. The van der Waals surface area contributed by atoms with Crippen molar-refractivity contribution in [3.8, 4) is 5.75 Å². The second-order valence-electron chi connectivity index (χ2n) is 5.84. The van der Waals surface area contributed by atoms with Gasteiger partial charge in [-0.15, -0.1) is 0 Å². The third-order valence-corrected chi connectivity index (χ3v) is 5.98. The first-order chi connectivity index (χ1) is 8.78. The molecule has 3 saturated carbocycles. The molecule has 0 unspecified atom stereocenters. The second-order valence-corrected chi connectivity index (χ2v) is 9.03. The van der Waals surface area contributed by atoms with Crippen LogP contribution in [0.3, 0.4) is 0 Å². The molecule has 3 nitrogen and oxygen atoms in total. The summed E-state index contributed by atoms with van der Waals surface area (Å²) in [6, 6.07) is 5.80. The van der Waals surface area contributed by atoms with Gasteiger partial charge >= 0.3 is 0 Å². The lowest BCUT2D eigenvalue weighted by Gasteiger charge is -2.71. The summed E-state index contributed by atoms with van der Waals surface area (Å²) in [6.45, 7) is 0. The molecule has 0 saturated heterocycles. The summed E-state index contributed by atoms with van der Waals surface area (Å²) in [5.74, 6) is 0.761. The Bertz CT molecular complexity index is 620. The number of benzene rings is 1. The van der Waals surface area contributed by atoms with Crippen molar-refractivity contribution in [1.82, 2.24) is 0 Å². The normalized spacial score (nSPS) is 32.4. The highest BCUT2D eigenvalue weighted by Gasteiger charge is 2.69. The van der Waals surface area contributed by atoms with E-state index in [2.05, 4.69) is 0 Å². The first-order valence-corrected chi connectivity index (χ1v) is 8.90. The van der Waals surface area contributed by atoms with Gasteiger partial charge < -0.3 is 4.74 Å². The molecule has 3 fully saturated rings. The molecular formula is C13H14Cl2O3S. The number of hydrogen-bond acceptors (Lipinski definition) is 3. The highest BCUT2D eigenvalue weighted by Crippen LogP contribution is 2.74. The molecule has 6 heteroatoms. The lowest BCUT2D eigenvalue weighted by atomic mass is 9.34. The number of hydrogen-bond donors (Lipinski definition) is 0. The average molecular weight is 321 g/mol. The first-order valence-electron chi connectivity index (χ1n) is 6.04. The van der Waals surface area contributed by atoms with Crippen LogP contribution in [0.5, 0.6) is 5.75 Å². The highest BCUT2D eigenvalue weighted by molar-refractivity contribution is 8.13. The van der Waals surface area contributed by atoms with Gasteiger partial charge in [0.05, 0.1) is 17.9 Å². The monoisotopic (exact) mass is 320 g/mol. The Morgan fingerprint density at radius 3 is 2.47 bits per heavy atom. The number of ether oxygens (including phenoxy) is 1. The van der Waals surface area contributed by atoms with Crippen molar-refractivity contribution in [1.29, 1.82) is 0 Å². The van der Waals surface area contributed by atoms with Crippen molar-refractivity contribution in [3.63, 3.8) is 0 Å². The smallest absolute Gasteiger partial charge is 0.233 e. The van der Waals surface area contributed by atoms with Crippen LogP contribution in [0, 0.1) is 5.41 Å². The molecule has 0 spiro atoms. The van der Waals surface area contributed by atoms with Crippen molar-refractivity contribution in [3.05, 3.63) is 28.8 Å². The molecule has 3 aliphatic carbocycles. The lowest BCUT2D eigenvalue weighted by molar-refractivity contribution is -0.122. The number of rotatable bonds is 4. The Morgan fingerprint density at radius 1 is 1.32 bits per heavy atom. The van der Waals surface area contributed by atoms with E-state index in [0.717, 1.165) is 19.3 Å². The maximum Gasteiger partial charge on any atom is 0.233 e. The van der Waals surface area contributed by atoms with Gasteiger partial charge in [-0.2, -0.15) is 0 Å². The highest BCUT2D eigenvalue weighted by atomic mass is 35.7. The van der Waals surface area contributed by atoms with Crippen LogP contribution in [0.1, 0.15) is 24.8 Å². The molecule has 4 rings (SSSR count). The zero-order valence-corrected chi connectivity index (χ0v) is 12.8. The minimum absolute atomic E-state index is 0.0898. The van der Waals surface area contributed by atoms with Gasteiger partial charge in [-0.3, -0.25) is 0 Å². The SMILES string of the molecule is COc1cc(C23CC(CS(=O)(=O)Cl)(C2)C3)ccc1Cl. The molecule has 0 radical (unpaired) electrons. The molecule has 0 amide bonds. The third kappa shape index (κ3) is 2.14. The molecular weight excluding hydrogens is 307 g/mol. The molecule has 0 N–H and O–H groups in total. The molecule has 104 valence electrons. The fourth-order valence-electron chi connectivity index (χ4n) is 3.81. The standard InChI is InChI=1S/C13H14Cl2O3S/c1-18-11-4-9(2-3-10(11)14)13-5-12(6-13,7-13)8-19(15,16)17/h2-4H,5-8H2,1H3. The Kier molecular flexibility index (Phi) is 2.87. The van der Waals surface area contributed by atoms with Crippen molar-refractivity contribution in [2.75, 3.05) is 12.9 Å². The van der Waals surface area contributed by atoms with Crippen LogP contribution in [0.2, 0.25) is 5.02 Å². The molecule has 3 aliphatic rings. The summed E-state index contributed by atoms with van der Waals surface area (Å²) < 4.78 is 27.6. The Hall–Kier alpha value is -0.450. The van der Waals surface area contributed by atoms with Crippen LogP contribution >= 0.6 is 22.3 Å². The second kappa shape index (κ2) is 4.03. The number of methoxy groups -OCH3 is 1. The first kappa shape index (κ1) is 13.5. The molecule has 0 heterocycles. The average Bonchev–Trinajstić information content (AvgIpc) is 2.21. The Labute approximate surface area is 122 Å².